The maximum Gasteiger partial charge on any atom is 0.137 e. The fourth-order valence-corrected chi connectivity index (χ4v) is 4.07. The van der Waals surface area contributed by atoms with Crippen LogP contribution in [0, 0.1) is 23.2 Å². The molecule has 116 valence electrons. The van der Waals surface area contributed by atoms with Gasteiger partial charge in [-0.25, -0.2) is 0 Å². The SMILES string of the molecule is CCCC1CCC(=O)C(CN2CCC(C(C)(C)C)C2)C1. The second-order valence-electron chi connectivity index (χ2n) is 8.20. The zero-order valence-electron chi connectivity index (χ0n) is 14.0. The molecule has 2 nitrogen and oxygen atoms in total. The largest absolute Gasteiger partial charge is 0.302 e. The summed E-state index contributed by atoms with van der Waals surface area (Å²) in [7, 11) is 0. The van der Waals surface area contributed by atoms with Crippen molar-refractivity contribution in [3.8, 4) is 0 Å². The molecule has 2 aliphatic rings. The second kappa shape index (κ2) is 6.60. The fraction of sp³-hybridized carbons (Fsp3) is 0.944. The standard InChI is InChI=1S/C18H33NO/c1-5-6-14-7-8-17(20)15(11-14)12-19-10-9-16(13-19)18(2,3)4/h14-16H,5-13H2,1-4H3. The fourth-order valence-electron chi connectivity index (χ4n) is 4.07. The van der Waals surface area contributed by atoms with E-state index in [1.165, 1.54) is 32.4 Å². The molecule has 0 aromatic rings. The van der Waals surface area contributed by atoms with E-state index >= 15 is 0 Å². The van der Waals surface area contributed by atoms with Gasteiger partial charge in [-0.05, 0) is 43.1 Å². The van der Waals surface area contributed by atoms with E-state index in [0.29, 0.717) is 17.1 Å². The van der Waals surface area contributed by atoms with Crippen molar-refractivity contribution < 1.29 is 4.79 Å². The highest BCUT2D eigenvalue weighted by molar-refractivity contribution is 5.81. The van der Waals surface area contributed by atoms with Gasteiger partial charge in [0.05, 0.1) is 0 Å². The molecule has 1 saturated carbocycles. The molecule has 0 aromatic heterocycles. The summed E-state index contributed by atoms with van der Waals surface area (Å²) in [6.07, 6.45) is 7.03. The molecule has 2 heteroatoms. The lowest BCUT2D eigenvalue weighted by atomic mass is 9.78. The first-order valence-corrected chi connectivity index (χ1v) is 8.65. The number of likely N-dealkylation sites (tertiary alicyclic amines) is 1. The predicted octanol–water partition coefficient (Wildman–Crippen LogP) is 4.14. The summed E-state index contributed by atoms with van der Waals surface area (Å²) in [6.45, 7) is 12.7. The molecule has 0 aromatic carbocycles. The van der Waals surface area contributed by atoms with Crippen molar-refractivity contribution in [3.05, 3.63) is 0 Å². The molecule has 2 rings (SSSR count). The normalized spacial score (nSPS) is 32.8. The van der Waals surface area contributed by atoms with E-state index in [1.54, 1.807) is 0 Å². The number of carbonyl (C=O) groups excluding carboxylic acids is 1. The average molecular weight is 279 g/mol. The van der Waals surface area contributed by atoms with Crippen molar-refractivity contribution in [1.29, 1.82) is 0 Å². The smallest absolute Gasteiger partial charge is 0.137 e. The first kappa shape index (κ1) is 16.0. The molecular formula is C18H33NO. The van der Waals surface area contributed by atoms with Crippen molar-refractivity contribution in [2.24, 2.45) is 23.2 Å². The monoisotopic (exact) mass is 279 g/mol. The Bertz CT molecular complexity index is 331. The van der Waals surface area contributed by atoms with Gasteiger partial charge in [0.15, 0.2) is 0 Å². The van der Waals surface area contributed by atoms with Crippen LogP contribution in [-0.2, 0) is 4.79 Å². The number of ketones is 1. The molecule has 2 fully saturated rings. The number of rotatable bonds is 4. The lowest BCUT2D eigenvalue weighted by molar-refractivity contribution is -0.126. The molecule has 20 heavy (non-hydrogen) atoms. The van der Waals surface area contributed by atoms with E-state index in [0.717, 1.165) is 37.6 Å². The Morgan fingerprint density at radius 2 is 2.00 bits per heavy atom. The number of Topliss-reactive ketones (excluding diaryl/α,β-unsaturated/α-hetero) is 1. The van der Waals surface area contributed by atoms with Gasteiger partial charge in [-0.1, -0.05) is 40.5 Å². The van der Waals surface area contributed by atoms with Gasteiger partial charge in [0, 0.05) is 25.4 Å². The summed E-state index contributed by atoms with van der Waals surface area (Å²) in [5.41, 5.74) is 0.413. The van der Waals surface area contributed by atoms with Crippen LogP contribution in [-0.4, -0.2) is 30.3 Å². The quantitative estimate of drug-likeness (QED) is 0.771. The maximum atomic E-state index is 12.2. The highest BCUT2D eigenvalue weighted by atomic mass is 16.1. The molecule has 0 N–H and O–H groups in total. The summed E-state index contributed by atoms with van der Waals surface area (Å²) in [5.74, 6) is 2.48. The van der Waals surface area contributed by atoms with Crippen molar-refractivity contribution in [2.45, 2.75) is 66.2 Å². The number of carbonyl (C=O) groups is 1. The highest BCUT2D eigenvalue weighted by Crippen LogP contribution is 2.35. The van der Waals surface area contributed by atoms with Crippen LogP contribution in [0.15, 0.2) is 0 Å². The van der Waals surface area contributed by atoms with Gasteiger partial charge in [0.1, 0.15) is 5.78 Å². The Morgan fingerprint density at radius 3 is 2.60 bits per heavy atom. The van der Waals surface area contributed by atoms with E-state index in [1.807, 2.05) is 0 Å². The molecule has 3 atom stereocenters. The van der Waals surface area contributed by atoms with Crippen LogP contribution < -0.4 is 0 Å². The lowest BCUT2D eigenvalue weighted by Crippen LogP contribution is -2.36. The molecule has 0 spiro atoms. The van der Waals surface area contributed by atoms with E-state index < -0.39 is 0 Å². The summed E-state index contributed by atoms with van der Waals surface area (Å²) in [6, 6.07) is 0. The Balaban J connectivity index is 1.85. The average Bonchev–Trinajstić information content (AvgIpc) is 2.82. The number of nitrogens with zero attached hydrogens (tertiary/aromatic N) is 1. The van der Waals surface area contributed by atoms with Gasteiger partial charge in [-0.15, -0.1) is 0 Å². The third-order valence-electron chi connectivity index (χ3n) is 5.54. The van der Waals surface area contributed by atoms with Gasteiger partial charge in [0.25, 0.3) is 0 Å². The topological polar surface area (TPSA) is 20.3 Å². The first-order valence-electron chi connectivity index (χ1n) is 8.65. The molecule has 1 aliphatic carbocycles. The van der Waals surface area contributed by atoms with Crippen molar-refractivity contribution in [2.75, 3.05) is 19.6 Å². The third-order valence-corrected chi connectivity index (χ3v) is 5.54. The zero-order valence-corrected chi connectivity index (χ0v) is 14.0. The Labute approximate surface area is 125 Å². The lowest BCUT2D eigenvalue weighted by Gasteiger charge is -2.32. The molecule has 0 bridgehead atoms. The second-order valence-corrected chi connectivity index (χ2v) is 8.20. The number of hydrogen-bond acceptors (Lipinski definition) is 2. The molecule has 1 saturated heterocycles. The molecular weight excluding hydrogens is 246 g/mol. The molecule has 0 radical (unpaired) electrons. The van der Waals surface area contributed by atoms with Crippen LogP contribution in [0.4, 0.5) is 0 Å². The van der Waals surface area contributed by atoms with Crippen LogP contribution >= 0.6 is 0 Å². The Morgan fingerprint density at radius 1 is 1.25 bits per heavy atom. The van der Waals surface area contributed by atoms with Crippen molar-refractivity contribution in [3.63, 3.8) is 0 Å². The number of hydrogen-bond donors (Lipinski definition) is 0. The van der Waals surface area contributed by atoms with E-state index in [9.17, 15) is 4.79 Å². The molecule has 3 unspecified atom stereocenters. The molecule has 1 heterocycles. The molecule has 1 aliphatic heterocycles. The minimum absolute atomic E-state index is 0.332. The zero-order chi connectivity index (χ0) is 14.8. The Hall–Kier alpha value is -0.370. The minimum atomic E-state index is 0.332. The van der Waals surface area contributed by atoms with Gasteiger partial charge in [-0.3, -0.25) is 4.79 Å². The van der Waals surface area contributed by atoms with Gasteiger partial charge >= 0.3 is 0 Å². The summed E-state index contributed by atoms with van der Waals surface area (Å²) in [5, 5.41) is 0. The van der Waals surface area contributed by atoms with Gasteiger partial charge in [-0.2, -0.15) is 0 Å². The van der Waals surface area contributed by atoms with Crippen molar-refractivity contribution >= 4 is 5.78 Å². The van der Waals surface area contributed by atoms with Crippen LogP contribution in [0.5, 0.6) is 0 Å². The predicted molar refractivity (Wildman–Crippen MR) is 84.7 cm³/mol. The van der Waals surface area contributed by atoms with Crippen LogP contribution in [0.3, 0.4) is 0 Å². The minimum Gasteiger partial charge on any atom is -0.302 e. The van der Waals surface area contributed by atoms with Crippen molar-refractivity contribution in [1.82, 2.24) is 4.90 Å². The highest BCUT2D eigenvalue weighted by Gasteiger charge is 2.35. The first-order chi connectivity index (χ1) is 9.40. The van der Waals surface area contributed by atoms with Crippen LogP contribution in [0.25, 0.3) is 0 Å². The summed E-state index contributed by atoms with van der Waals surface area (Å²) in [4.78, 5) is 14.7. The Kier molecular flexibility index (Phi) is 5.28. The van der Waals surface area contributed by atoms with Crippen LogP contribution in [0.2, 0.25) is 0 Å². The third kappa shape index (κ3) is 4.07. The summed E-state index contributed by atoms with van der Waals surface area (Å²) >= 11 is 0. The van der Waals surface area contributed by atoms with Gasteiger partial charge in [0.2, 0.25) is 0 Å². The molecule has 0 amide bonds. The summed E-state index contributed by atoms with van der Waals surface area (Å²) < 4.78 is 0. The van der Waals surface area contributed by atoms with Crippen LogP contribution in [0.1, 0.15) is 66.2 Å². The van der Waals surface area contributed by atoms with E-state index in [-0.39, 0.29) is 0 Å². The van der Waals surface area contributed by atoms with E-state index in [4.69, 9.17) is 0 Å². The van der Waals surface area contributed by atoms with E-state index in [2.05, 4.69) is 32.6 Å². The van der Waals surface area contributed by atoms with Gasteiger partial charge < -0.3 is 4.90 Å². The maximum absolute atomic E-state index is 12.2.